The third kappa shape index (κ3) is 5.22. The maximum absolute atomic E-state index is 13.9. The van der Waals surface area contributed by atoms with Gasteiger partial charge in [-0.2, -0.15) is 0 Å². The normalized spacial score (nSPS) is 14.2. The number of hydrogen-bond donors (Lipinski definition) is 0. The zero-order chi connectivity index (χ0) is 25.8. The summed E-state index contributed by atoms with van der Waals surface area (Å²) in [5.41, 5.74) is 1.23. The number of nitrogens with zero attached hydrogens (tertiary/aromatic N) is 3. The summed E-state index contributed by atoms with van der Waals surface area (Å²) in [6, 6.07) is 11.1. The quantitative estimate of drug-likeness (QED) is 0.291. The van der Waals surface area contributed by atoms with Crippen molar-refractivity contribution < 1.29 is 28.2 Å². The van der Waals surface area contributed by atoms with E-state index in [0.717, 1.165) is 49.4 Å². The minimum Gasteiger partial charge on any atom is -0.495 e. The molecule has 3 heterocycles. The molecular formula is C27H31N3O6S. The summed E-state index contributed by atoms with van der Waals surface area (Å²) < 4.78 is 29.2. The van der Waals surface area contributed by atoms with Gasteiger partial charge in [0, 0.05) is 31.6 Å². The molecule has 2 aromatic heterocycles. The van der Waals surface area contributed by atoms with E-state index in [1.165, 1.54) is 11.3 Å². The van der Waals surface area contributed by atoms with Gasteiger partial charge in [-0.15, -0.1) is 0 Å². The van der Waals surface area contributed by atoms with E-state index in [1.807, 2.05) is 37.3 Å². The molecule has 0 N–H and O–H groups in total. The van der Waals surface area contributed by atoms with Crippen LogP contribution in [0, 0.1) is 0 Å². The molecule has 0 unspecified atom stereocenters. The minimum absolute atomic E-state index is 0.242. The third-order valence-corrected chi connectivity index (χ3v) is 7.45. The smallest absolute Gasteiger partial charge is 0.295 e. The summed E-state index contributed by atoms with van der Waals surface area (Å²) in [5.74, 6) is 1.92. The van der Waals surface area contributed by atoms with Crippen LogP contribution in [-0.4, -0.2) is 76.0 Å². The molecule has 1 aliphatic rings. The summed E-state index contributed by atoms with van der Waals surface area (Å²) >= 11 is 1.40. The Labute approximate surface area is 219 Å². The number of methoxy groups -OCH3 is 2. The van der Waals surface area contributed by atoms with E-state index in [1.54, 1.807) is 25.2 Å². The second-order valence-corrected chi connectivity index (χ2v) is 9.60. The lowest BCUT2D eigenvalue weighted by Crippen LogP contribution is -2.39. The summed E-state index contributed by atoms with van der Waals surface area (Å²) in [6.45, 7) is 7.03. The van der Waals surface area contributed by atoms with Crippen molar-refractivity contribution in [3.63, 3.8) is 0 Å². The number of rotatable bonds is 10. The number of para-hydroxylation sites is 1. The van der Waals surface area contributed by atoms with Crippen LogP contribution in [0.4, 0.5) is 5.13 Å². The van der Waals surface area contributed by atoms with Crippen molar-refractivity contribution in [2.45, 2.75) is 13.3 Å². The van der Waals surface area contributed by atoms with Crippen molar-refractivity contribution in [1.29, 1.82) is 0 Å². The van der Waals surface area contributed by atoms with E-state index >= 15 is 0 Å². The highest BCUT2D eigenvalue weighted by molar-refractivity contribution is 7.22. The molecule has 1 saturated heterocycles. The number of carbonyl (C=O) groups is 1. The SMILES string of the molecule is CCOc1cccc2cc(C(=O)N(CCCN3CCOCC3)c3nc4c(OC)ccc(OC)c4s3)oc12. The molecule has 0 aliphatic carbocycles. The van der Waals surface area contributed by atoms with Crippen molar-refractivity contribution in [3.05, 3.63) is 42.2 Å². The Hall–Kier alpha value is -3.34. The van der Waals surface area contributed by atoms with Gasteiger partial charge in [-0.3, -0.25) is 14.6 Å². The molecule has 1 fully saturated rings. The van der Waals surface area contributed by atoms with E-state index < -0.39 is 0 Å². The zero-order valence-electron chi connectivity index (χ0n) is 21.3. The van der Waals surface area contributed by atoms with Crippen LogP contribution in [0.5, 0.6) is 17.2 Å². The number of carbonyl (C=O) groups excluding carboxylic acids is 1. The fourth-order valence-electron chi connectivity index (χ4n) is 4.49. The van der Waals surface area contributed by atoms with Crippen LogP contribution in [0.15, 0.2) is 40.8 Å². The van der Waals surface area contributed by atoms with Crippen LogP contribution >= 0.6 is 11.3 Å². The van der Waals surface area contributed by atoms with Gasteiger partial charge in [0.2, 0.25) is 0 Å². The molecule has 196 valence electrons. The first-order valence-electron chi connectivity index (χ1n) is 12.4. The van der Waals surface area contributed by atoms with Crippen LogP contribution in [0.25, 0.3) is 21.2 Å². The summed E-state index contributed by atoms with van der Waals surface area (Å²) in [4.78, 5) is 22.8. The van der Waals surface area contributed by atoms with Gasteiger partial charge in [-0.1, -0.05) is 23.5 Å². The molecule has 0 atom stereocenters. The number of anilines is 1. The molecule has 37 heavy (non-hydrogen) atoms. The second-order valence-electron chi connectivity index (χ2n) is 8.63. The van der Waals surface area contributed by atoms with Crippen LogP contribution in [0.1, 0.15) is 23.9 Å². The molecule has 2 aromatic carbocycles. The first kappa shape index (κ1) is 25.3. The maximum atomic E-state index is 13.9. The van der Waals surface area contributed by atoms with Gasteiger partial charge in [0.25, 0.3) is 5.91 Å². The van der Waals surface area contributed by atoms with Gasteiger partial charge in [0.1, 0.15) is 21.7 Å². The molecule has 4 aromatic rings. The zero-order valence-corrected chi connectivity index (χ0v) is 22.1. The molecule has 9 nitrogen and oxygen atoms in total. The van der Waals surface area contributed by atoms with Gasteiger partial charge >= 0.3 is 0 Å². The minimum atomic E-state index is -0.252. The lowest BCUT2D eigenvalue weighted by molar-refractivity contribution is 0.0376. The molecule has 1 aliphatic heterocycles. The van der Waals surface area contributed by atoms with Gasteiger partial charge in [-0.05, 0) is 37.6 Å². The standard InChI is InChI=1S/C27H31N3O6S/c1-4-35-20-8-5-7-18-17-22(36-24(18)20)26(31)30(12-6-11-29-13-15-34-16-14-29)27-28-23-19(32-2)9-10-21(33-3)25(23)37-27/h5,7-10,17H,4,6,11-16H2,1-3H3. The maximum Gasteiger partial charge on any atom is 0.295 e. The third-order valence-electron chi connectivity index (χ3n) is 6.35. The van der Waals surface area contributed by atoms with E-state index in [2.05, 4.69) is 4.90 Å². The largest absolute Gasteiger partial charge is 0.495 e. The van der Waals surface area contributed by atoms with Crippen LogP contribution in [-0.2, 0) is 4.74 Å². The van der Waals surface area contributed by atoms with Gasteiger partial charge < -0.3 is 23.4 Å². The van der Waals surface area contributed by atoms with Crippen molar-refractivity contribution in [2.24, 2.45) is 0 Å². The Balaban J connectivity index is 1.50. The van der Waals surface area contributed by atoms with Crippen molar-refractivity contribution in [1.82, 2.24) is 9.88 Å². The molecule has 0 saturated carbocycles. The number of furan rings is 1. The molecule has 0 spiro atoms. The molecule has 0 bridgehead atoms. The summed E-state index contributed by atoms with van der Waals surface area (Å²) in [6.07, 6.45) is 0.778. The summed E-state index contributed by atoms with van der Waals surface area (Å²) in [7, 11) is 3.23. The Kier molecular flexibility index (Phi) is 7.78. The molecule has 10 heteroatoms. The number of hydrogen-bond acceptors (Lipinski definition) is 9. The lowest BCUT2D eigenvalue weighted by Gasteiger charge is -2.27. The van der Waals surface area contributed by atoms with Crippen molar-refractivity contribution in [3.8, 4) is 17.2 Å². The van der Waals surface area contributed by atoms with E-state index in [0.29, 0.717) is 46.6 Å². The first-order chi connectivity index (χ1) is 18.1. The number of ether oxygens (including phenoxy) is 4. The Morgan fingerprint density at radius 1 is 1.11 bits per heavy atom. The first-order valence-corrected chi connectivity index (χ1v) is 13.2. The Bertz CT molecular complexity index is 1340. The average molecular weight is 526 g/mol. The number of fused-ring (bicyclic) bond motifs is 2. The van der Waals surface area contributed by atoms with Crippen LogP contribution < -0.4 is 19.1 Å². The number of aromatic nitrogens is 1. The fourth-order valence-corrected chi connectivity index (χ4v) is 5.59. The highest BCUT2D eigenvalue weighted by Gasteiger charge is 2.27. The monoisotopic (exact) mass is 525 g/mol. The number of amides is 1. The van der Waals surface area contributed by atoms with E-state index in [4.69, 9.17) is 28.3 Å². The van der Waals surface area contributed by atoms with Crippen molar-refractivity contribution in [2.75, 3.05) is 65.1 Å². The number of benzene rings is 2. The predicted octanol–water partition coefficient (Wildman–Crippen LogP) is 4.83. The van der Waals surface area contributed by atoms with E-state index in [9.17, 15) is 4.79 Å². The number of morpholine rings is 1. The lowest BCUT2D eigenvalue weighted by atomic mass is 10.2. The molecule has 5 rings (SSSR count). The van der Waals surface area contributed by atoms with Crippen LogP contribution in [0.2, 0.25) is 0 Å². The molecule has 1 amide bonds. The van der Waals surface area contributed by atoms with Gasteiger partial charge in [0.05, 0.1) is 34.0 Å². The highest BCUT2D eigenvalue weighted by atomic mass is 32.1. The molecule has 0 radical (unpaired) electrons. The average Bonchev–Trinajstić information content (AvgIpc) is 3.57. The molecular weight excluding hydrogens is 494 g/mol. The Morgan fingerprint density at radius 3 is 2.65 bits per heavy atom. The number of thiazole rings is 1. The highest BCUT2D eigenvalue weighted by Crippen LogP contribution is 2.41. The fraction of sp³-hybridized carbons (Fsp3) is 0.407. The van der Waals surface area contributed by atoms with Crippen LogP contribution in [0.3, 0.4) is 0 Å². The second kappa shape index (κ2) is 11.4. The Morgan fingerprint density at radius 2 is 1.89 bits per heavy atom. The summed E-state index contributed by atoms with van der Waals surface area (Å²) in [5, 5.41) is 1.38. The predicted molar refractivity (Wildman–Crippen MR) is 144 cm³/mol. The van der Waals surface area contributed by atoms with Gasteiger partial charge in [-0.25, -0.2) is 4.98 Å². The van der Waals surface area contributed by atoms with Gasteiger partial charge in [0.15, 0.2) is 22.2 Å². The van der Waals surface area contributed by atoms with Crippen molar-refractivity contribution >= 4 is 43.6 Å². The van der Waals surface area contributed by atoms with E-state index in [-0.39, 0.29) is 11.7 Å². The topological polar surface area (TPSA) is 86.5 Å².